The molecule has 110 valence electrons. The van der Waals surface area contributed by atoms with Crippen molar-refractivity contribution in [2.24, 2.45) is 5.41 Å². The van der Waals surface area contributed by atoms with Gasteiger partial charge in [-0.3, -0.25) is 9.59 Å². The summed E-state index contributed by atoms with van der Waals surface area (Å²) in [6, 6.07) is 8.82. The summed E-state index contributed by atoms with van der Waals surface area (Å²) < 4.78 is 0. The summed E-state index contributed by atoms with van der Waals surface area (Å²) in [6.07, 6.45) is 3.70. The average molecular weight is 286 g/mol. The smallest absolute Gasteiger partial charge is 0.303 e. The van der Waals surface area contributed by atoms with Crippen LogP contribution in [-0.4, -0.2) is 17.0 Å². The van der Waals surface area contributed by atoms with Crippen molar-refractivity contribution in [2.45, 2.75) is 38.5 Å². The second-order valence-electron chi connectivity index (χ2n) is 5.66. The number of carbonyl (C=O) groups is 2. The van der Waals surface area contributed by atoms with Gasteiger partial charge in [0, 0.05) is 6.42 Å². The van der Waals surface area contributed by atoms with Gasteiger partial charge in [-0.2, -0.15) is 5.26 Å². The lowest BCUT2D eigenvalue weighted by atomic mass is 9.79. The van der Waals surface area contributed by atoms with E-state index in [0.29, 0.717) is 11.3 Å². The number of anilines is 1. The molecule has 2 N–H and O–H groups in total. The fourth-order valence-electron chi connectivity index (χ4n) is 3.09. The Balaban J connectivity index is 2.06. The van der Waals surface area contributed by atoms with Crippen LogP contribution < -0.4 is 5.32 Å². The fraction of sp³-hybridized carbons (Fsp3) is 0.438. The Kier molecular flexibility index (Phi) is 4.59. The van der Waals surface area contributed by atoms with Crippen LogP contribution in [0.2, 0.25) is 0 Å². The highest BCUT2D eigenvalue weighted by atomic mass is 16.4. The van der Waals surface area contributed by atoms with Crippen LogP contribution in [0.1, 0.15) is 44.1 Å². The van der Waals surface area contributed by atoms with E-state index in [-0.39, 0.29) is 18.7 Å². The highest BCUT2D eigenvalue weighted by Crippen LogP contribution is 2.44. The van der Waals surface area contributed by atoms with Gasteiger partial charge in [-0.05, 0) is 30.4 Å². The number of hydrogen-bond acceptors (Lipinski definition) is 3. The van der Waals surface area contributed by atoms with Gasteiger partial charge in [0.05, 0.1) is 17.7 Å². The number of para-hydroxylation sites is 1. The third kappa shape index (κ3) is 3.82. The summed E-state index contributed by atoms with van der Waals surface area (Å²) in [4.78, 5) is 23.2. The molecule has 21 heavy (non-hydrogen) atoms. The molecule has 0 saturated heterocycles. The maximum absolute atomic E-state index is 12.2. The maximum atomic E-state index is 12.2. The normalized spacial score (nSPS) is 16.1. The lowest BCUT2D eigenvalue weighted by Crippen LogP contribution is -2.27. The molecule has 1 aliphatic carbocycles. The Morgan fingerprint density at radius 3 is 2.52 bits per heavy atom. The number of nitrogens with zero attached hydrogens (tertiary/aromatic N) is 1. The van der Waals surface area contributed by atoms with Crippen molar-refractivity contribution < 1.29 is 14.7 Å². The Hall–Kier alpha value is -2.35. The second-order valence-corrected chi connectivity index (χ2v) is 5.66. The zero-order valence-corrected chi connectivity index (χ0v) is 11.8. The van der Waals surface area contributed by atoms with Crippen molar-refractivity contribution in [1.29, 1.82) is 5.26 Å². The van der Waals surface area contributed by atoms with E-state index < -0.39 is 11.4 Å². The van der Waals surface area contributed by atoms with E-state index >= 15 is 0 Å². The summed E-state index contributed by atoms with van der Waals surface area (Å²) in [5.41, 5.74) is 0.454. The molecule has 1 aliphatic rings. The molecule has 0 radical (unpaired) electrons. The molecule has 2 rings (SSSR count). The van der Waals surface area contributed by atoms with Gasteiger partial charge in [-0.25, -0.2) is 0 Å². The Morgan fingerprint density at radius 2 is 1.90 bits per heavy atom. The third-order valence-electron chi connectivity index (χ3n) is 4.05. The van der Waals surface area contributed by atoms with Crippen molar-refractivity contribution in [3.8, 4) is 6.07 Å². The molecule has 0 spiro atoms. The van der Waals surface area contributed by atoms with E-state index in [1.54, 1.807) is 24.3 Å². The number of hydrogen-bond donors (Lipinski definition) is 2. The molecule has 1 saturated carbocycles. The van der Waals surface area contributed by atoms with Gasteiger partial charge in [0.25, 0.3) is 0 Å². The molecule has 0 aliphatic heterocycles. The molecule has 5 nitrogen and oxygen atoms in total. The number of amides is 1. The molecule has 0 heterocycles. The molecule has 1 fully saturated rings. The van der Waals surface area contributed by atoms with Gasteiger partial charge >= 0.3 is 5.97 Å². The number of aliphatic carboxylic acids is 1. The van der Waals surface area contributed by atoms with E-state index in [1.165, 1.54) is 0 Å². The molecular formula is C16H18N2O3. The number of rotatable bonds is 5. The van der Waals surface area contributed by atoms with Crippen molar-refractivity contribution in [2.75, 3.05) is 5.32 Å². The van der Waals surface area contributed by atoms with Crippen molar-refractivity contribution in [1.82, 2.24) is 0 Å². The minimum absolute atomic E-state index is 0.0281. The predicted octanol–water partition coefficient (Wildman–Crippen LogP) is 2.92. The van der Waals surface area contributed by atoms with Crippen LogP contribution in [0, 0.1) is 16.7 Å². The summed E-state index contributed by atoms with van der Waals surface area (Å²) in [6.45, 7) is 0. The largest absolute Gasteiger partial charge is 0.481 e. The first-order valence-electron chi connectivity index (χ1n) is 7.05. The Morgan fingerprint density at radius 1 is 1.24 bits per heavy atom. The van der Waals surface area contributed by atoms with E-state index in [9.17, 15) is 9.59 Å². The predicted molar refractivity (Wildman–Crippen MR) is 77.6 cm³/mol. The van der Waals surface area contributed by atoms with Crippen LogP contribution in [0.5, 0.6) is 0 Å². The van der Waals surface area contributed by atoms with Crippen molar-refractivity contribution >= 4 is 17.6 Å². The van der Waals surface area contributed by atoms with Crippen LogP contribution >= 0.6 is 0 Å². The van der Waals surface area contributed by atoms with Gasteiger partial charge in [-0.1, -0.05) is 25.0 Å². The minimum atomic E-state index is -0.859. The highest BCUT2D eigenvalue weighted by Gasteiger charge is 2.38. The first kappa shape index (κ1) is 15.0. The zero-order valence-electron chi connectivity index (χ0n) is 11.8. The first-order chi connectivity index (χ1) is 10.0. The summed E-state index contributed by atoms with van der Waals surface area (Å²) >= 11 is 0. The maximum Gasteiger partial charge on any atom is 0.303 e. The molecule has 0 atom stereocenters. The molecular weight excluding hydrogens is 268 g/mol. The van der Waals surface area contributed by atoms with Crippen LogP contribution in [0.25, 0.3) is 0 Å². The van der Waals surface area contributed by atoms with Gasteiger partial charge < -0.3 is 10.4 Å². The molecule has 0 unspecified atom stereocenters. The zero-order chi connectivity index (χ0) is 15.3. The van der Waals surface area contributed by atoms with Crippen molar-refractivity contribution in [3.05, 3.63) is 29.8 Å². The number of nitrogens with one attached hydrogen (secondary N) is 1. The lowest BCUT2D eigenvalue weighted by molar-refractivity contribution is -0.140. The van der Waals surface area contributed by atoms with Crippen LogP contribution in [0.3, 0.4) is 0 Å². The van der Waals surface area contributed by atoms with Gasteiger partial charge in [0.15, 0.2) is 0 Å². The van der Waals surface area contributed by atoms with Crippen LogP contribution in [-0.2, 0) is 9.59 Å². The first-order valence-corrected chi connectivity index (χ1v) is 7.05. The van der Waals surface area contributed by atoms with Crippen LogP contribution in [0.15, 0.2) is 24.3 Å². The Labute approximate surface area is 123 Å². The summed E-state index contributed by atoms with van der Waals surface area (Å²) in [7, 11) is 0. The van der Waals surface area contributed by atoms with E-state index in [1.807, 2.05) is 6.07 Å². The monoisotopic (exact) mass is 286 g/mol. The molecule has 5 heteroatoms. The molecule has 0 aromatic heterocycles. The lowest BCUT2D eigenvalue weighted by Gasteiger charge is -2.26. The topological polar surface area (TPSA) is 90.2 Å². The fourth-order valence-corrected chi connectivity index (χ4v) is 3.09. The number of carboxylic acid groups (broad SMARTS) is 1. The van der Waals surface area contributed by atoms with Crippen molar-refractivity contribution in [3.63, 3.8) is 0 Å². The van der Waals surface area contributed by atoms with Crippen LogP contribution in [0.4, 0.5) is 5.69 Å². The summed E-state index contributed by atoms with van der Waals surface area (Å²) in [5.74, 6) is -1.08. The summed E-state index contributed by atoms with van der Waals surface area (Å²) in [5, 5.41) is 20.8. The number of carbonyl (C=O) groups excluding carboxylic acids is 1. The van der Waals surface area contributed by atoms with Gasteiger partial charge in [0.2, 0.25) is 5.91 Å². The van der Waals surface area contributed by atoms with E-state index in [2.05, 4.69) is 5.32 Å². The molecule has 0 bridgehead atoms. The van der Waals surface area contributed by atoms with E-state index in [0.717, 1.165) is 25.7 Å². The highest BCUT2D eigenvalue weighted by molar-refractivity contribution is 5.92. The van der Waals surface area contributed by atoms with E-state index in [4.69, 9.17) is 10.4 Å². The quantitative estimate of drug-likeness (QED) is 0.870. The number of carboxylic acids is 1. The van der Waals surface area contributed by atoms with Gasteiger partial charge in [0.1, 0.15) is 6.07 Å². The number of benzene rings is 1. The van der Waals surface area contributed by atoms with Gasteiger partial charge in [-0.15, -0.1) is 0 Å². The minimum Gasteiger partial charge on any atom is -0.481 e. The molecule has 1 aromatic carbocycles. The molecule has 1 aromatic rings. The standard InChI is InChI=1S/C16H18N2O3/c17-11-12-5-1-2-6-13(12)18-14(19)9-16(10-15(20)21)7-3-4-8-16/h1-2,5-6H,3-4,7-10H2,(H,18,19)(H,20,21). The number of nitriles is 1. The second kappa shape index (κ2) is 6.40. The Bertz CT molecular complexity index is 583. The SMILES string of the molecule is N#Cc1ccccc1NC(=O)CC1(CC(=O)O)CCCC1. The molecule has 1 amide bonds. The third-order valence-corrected chi connectivity index (χ3v) is 4.05. The average Bonchev–Trinajstić information content (AvgIpc) is 2.86.